The van der Waals surface area contributed by atoms with Crippen molar-refractivity contribution in [2.45, 2.75) is 46.0 Å². The Balaban J connectivity index is 3.10. The molecule has 0 spiro atoms. The van der Waals surface area contributed by atoms with E-state index in [4.69, 9.17) is 16.3 Å². The summed E-state index contributed by atoms with van der Waals surface area (Å²) >= 11 is 5.70. The summed E-state index contributed by atoms with van der Waals surface area (Å²) in [6.07, 6.45) is -4.60. The maximum Gasteiger partial charge on any atom is 0.406 e. The molecule has 0 atom stereocenters. The van der Waals surface area contributed by atoms with Gasteiger partial charge in [0.2, 0.25) is 11.2 Å². The molecule has 9 heteroatoms. The van der Waals surface area contributed by atoms with E-state index in [0.29, 0.717) is 0 Å². The fourth-order valence-electron chi connectivity index (χ4n) is 1.39. The van der Waals surface area contributed by atoms with Crippen LogP contribution < -0.4 is 9.64 Å². The Kier molecular flexibility index (Phi) is 5.38. The molecule has 0 aliphatic heterocycles. The molecule has 0 aliphatic rings. The number of alkyl halides is 3. The topological polar surface area (TPSA) is 51.1 Å². The van der Waals surface area contributed by atoms with Crippen molar-refractivity contribution >= 4 is 17.5 Å². The fraction of sp³-hybridized carbons (Fsp3) is 0.727. The monoisotopic (exact) mass is 312 g/mol. The number of nitrogens with zero attached hydrogens (tertiary/aromatic N) is 4. The second kappa shape index (κ2) is 6.43. The van der Waals surface area contributed by atoms with Crippen LogP contribution in [0.15, 0.2) is 0 Å². The predicted octanol–water partition coefficient (Wildman–Crippen LogP) is 3.09. The third-order valence-electron chi connectivity index (χ3n) is 2.15. The van der Waals surface area contributed by atoms with Gasteiger partial charge in [-0.05, 0) is 39.3 Å². The molecule has 0 saturated carbocycles. The molecule has 0 unspecified atom stereocenters. The molecule has 1 heterocycles. The highest BCUT2D eigenvalue weighted by atomic mass is 35.5. The van der Waals surface area contributed by atoms with E-state index in [1.165, 1.54) is 0 Å². The molecule has 0 aromatic carbocycles. The lowest BCUT2D eigenvalue weighted by Crippen LogP contribution is -2.40. The normalized spacial score (nSPS) is 12.1. The van der Waals surface area contributed by atoms with Crippen molar-refractivity contribution in [2.75, 3.05) is 11.4 Å². The van der Waals surface area contributed by atoms with Crippen molar-refractivity contribution in [3.05, 3.63) is 5.28 Å². The Morgan fingerprint density at radius 3 is 2.20 bits per heavy atom. The lowest BCUT2D eigenvalue weighted by atomic mass is 10.3. The van der Waals surface area contributed by atoms with Crippen molar-refractivity contribution in [1.29, 1.82) is 0 Å². The molecule has 0 bridgehead atoms. The van der Waals surface area contributed by atoms with Crippen LogP contribution in [0.4, 0.5) is 19.1 Å². The number of halogens is 4. The second-order valence-corrected chi connectivity index (χ2v) is 5.03. The predicted molar refractivity (Wildman–Crippen MR) is 69.1 cm³/mol. The standard InChI is InChI=1S/C11H16ClF3N4O/c1-6(2)19(5-11(13,14)15)9-16-8(12)17-10(18-9)20-7(3)4/h6-7H,5H2,1-4H3. The highest BCUT2D eigenvalue weighted by Crippen LogP contribution is 2.23. The zero-order valence-corrected chi connectivity index (χ0v) is 12.3. The number of aromatic nitrogens is 3. The summed E-state index contributed by atoms with van der Waals surface area (Å²) in [7, 11) is 0. The number of rotatable bonds is 5. The summed E-state index contributed by atoms with van der Waals surface area (Å²) in [5.41, 5.74) is 0. The summed E-state index contributed by atoms with van der Waals surface area (Å²) in [4.78, 5) is 12.3. The van der Waals surface area contributed by atoms with Gasteiger partial charge in [0.25, 0.3) is 0 Å². The van der Waals surface area contributed by atoms with Crippen LogP contribution in [0.3, 0.4) is 0 Å². The third kappa shape index (κ3) is 5.36. The molecule has 0 aliphatic carbocycles. The smallest absolute Gasteiger partial charge is 0.406 e. The number of anilines is 1. The molecule has 1 aromatic rings. The van der Waals surface area contributed by atoms with Crippen LogP contribution in [0, 0.1) is 0 Å². The number of ether oxygens (including phenoxy) is 1. The van der Waals surface area contributed by atoms with Crippen LogP contribution in [-0.2, 0) is 0 Å². The summed E-state index contributed by atoms with van der Waals surface area (Å²) in [6, 6.07) is -0.551. The van der Waals surface area contributed by atoms with E-state index in [2.05, 4.69) is 15.0 Å². The lowest BCUT2D eigenvalue weighted by molar-refractivity contribution is -0.120. The first-order valence-electron chi connectivity index (χ1n) is 6.00. The van der Waals surface area contributed by atoms with E-state index in [0.717, 1.165) is 4.90 Å². The second-order valence-electron chi connectivity index (χ2n) is 4.69. The zero-order chi connectivity index (χ0) is 15.5. The Morgan fingerprint density at radius 2 is 1.75 bits per heavy atom. The number of hydrogen-bond donors (Lipinski definition) is 0. The van der Waals surface area contributed by atoms with Gasteiger partial charge in [-0.1, -0.05) is 0 Å². The SMILES string of the molecule is CC(C)Oc1nc(Cl)nc(N(CC(F)(F)F)C(C)C)n1. The maximum atomic E-state index is 12.6. The molecule has 5 nitrogen and oxygen atoms in total. The Hall–Kier alpha value is -1.31. The summed E-state index contributed by atoms with van der Waals surface area (Å²) in [5.74, 6) is -0.159. The minimum absolute atomic E-state index is 0.0946. The first-order valence-corrected chi connectivity index (χ1v) is 6.38. The van der Waals surface area contributed by atoms with Crippen LogP contribution in [0.5, 0.6) is 6.01 Å². The van der Waals surface area contributed by atoms with E-state index >= 15 is 0 Å². The Morgan fingerprint density at radius 1 is 1.15 bits per heavy atom. The lowest BCUT2D eigenvalue weighted by Gasteiger charge is -2.27. The van der Waals surface area contributed by atoms with Crippen LogP contribution in [0.1, 0.15) is 27.7 Å². The molecular weight excluding hydrogens is 297 g/mol. The van der Waals surface area contributed by atoms with E-state index < -0.39 is 18.8 Å². The summed E-state index contributed by atoms with van der Waals surface area (Å²) < 4.78 is 43.0. The van der Waals surface area contributed by atoms with Gasteiger partial charge in [0.1, 0.15) is 6.54 Å². The average Bonchev–Trinajstić information content (AvgIpc) is 2.22. The zero-order valence-electron chi connectivity index (χ0n) is 11.6. The highest BCUT2D eigenvalue weighted by Gasteiger charge is 2.33. The first kappa shape index (κ1) is 16.7. The van der Waals surface area contributed by atoms with E-state index in [1.54, 1.807) is 27.7 Å². The van der Waals surface area contributed by atoms with Gasteiger partial charge < -0.3 is 9.64 Å². The van der Waals surface area contributed by atoms with Gasteiger partial charge in [0.05, 0.1) is 6.10 Å². The minimum atomic E-state index is -4.37. The van der Waals surface area contributed by atoms with E-state index in [-0.39, 0.29) is 23.3 Å². The molecule has 20 heavy (non-hydrogen) atoms. The number of hydrogen-bond acceptors (Lipinski definition) is 5. The van der Waals surface area contributed by atoms with Crippen molar-refractivity contribution < 1.29 is 17.9 Å². The molecule has 0 saturated heterocycles. The molecule has 0 fully saturated rings. The molecule has 114 valence electrons. The molecular formula is C11H16ClF3N4O. The van der Waals surface area contributed by atoms with E-state index in [9.17, 15) is 13.2 Å². The fourth-order valence-corrected chi connectivity index (χ4v) is 1.54. The first-order chi connectivity index (χ1) is 9.08. The van der Waals surface area contributed by atoms with Gasteiger partial charge in [-0.25, -0.2) is 0 Å². The van der Waals surface area contributed by atoms with Crippen LogP contribution in [-0.4, -0.2) is 39.8 Å². The molecule has 0 radical (unpaired) electrons. The van der Waals surface area contributed by atoms with E-state index in [1.807, 2.05) is 0 Å². The molecule has 0 N–H and O–H groups in total. The van der Waals surface area contributed by atoms with Crippen molar-refractivity contribution in [3.63, 3.8) is 0 Å². The van der Waals surface area contributed by atoms with Gasteiger partial charge in [-0.3, -0.25) is 0 Å². The van der Waals surface area contributed by atoms with Crippen molar-refractivity contribution in [3.8, 4) is 6.01 Å². The van der Waals surface area contributed by atoms with Crippen LogP contribution in [0.2, 0.25) is 5.28 Å². The quantitative estimate of drug-likeness (QED) is 0.836. The highest BCUT2D eigenvalue weighted by molar-refractivity contribution is 6.28. The third-order valence-corrected chi connectivity index (χ3v) is 2.32. The van der Waals surface area contributed by atoms with Crippen LogP contribution in [0.25, 0.3) is 0 Å². The van der Waals surface area contributed by atoms with Gasteiger partial charge in [0, 0.05) is 6.04 Å². The Bertz CT molecular complexity index is 454. The molecule has 1 aromatic heterocycles. The van der Waals surface area contributed by atoms with Crippen molar-refractivity contribution in [1.82, 2.24) is 15.0 Å². The van der Waals surface area contributed by atoms with Gasteiger partial charge in [-0.15, -0.1) is 0 Å². The van der Waals surface area contributed by atoms with Gasteiger partial charge >= 0.3 is 12.2 Å². The Labute approximate surface area is 120 Å². The summed E-state index contributed by atoms with van der Waals surface area (Å²) in [6.45, 7) is 5.52. The van der Waals surface area contributed by atoms with Gasteiger partial charge in [0.15, 0.2) is 0 Å². The maximum absolute atomic E-state index is 12.6. The molecule has 1 rings (SSSR count). The van der Waals surface area contributed by atoms with Crippen LogP contribution >= 0.6 is 11.6 Å². The minimum Gasteiger partial charge on any atom is -0.461 e. The van der Waals surface area contributed by atoms with Crippen molar-refractivity contribution in [2.24, 2.45) is 0 Å². The molecule has 0 amide bonds. The largest absolute Gasteiger partial charge is 0.461 e. The summed E-state index contributed by atoms with van der Waals surface area (Å²) in [5, 5.41) is -0.210. The van der Waals surface area contributed by atoms with Gasteiger partial charge in [-0.2, -0.15) is 28.1 Å². The average molecular weight is 313 g/mol.